The van der Waals surface area contributed by atoms with Gasteiger partial charge in [-0.15, -0.1) is 0 Å². The van der Waals surface area contributed by atoms with Crippen LogP contribution in [0.1, 0.15) is 24.5 Å². The van der Waals surface area contributed by atoms with E-state index in [4.69, 9.17) is 14.2 Å². The van der Waals surface area contributed by atoms with Crippen molar-refractivity contribution in [1.82, 2.24) is 5.32 Å². The highest BCUT2D eigenvalue weighted by molar-refractivity contribution is 5.35. The molecule has 2 aliphatic heterocycles. The third-order valence-electron chi connectivity index (χ3n) is 3.71. The molecule has 2 fully saturated rings. The highest BCUT2D eigenvalue weighted by Crippen LogP contribution is 2.41. The Morgan fingerprint density at radius 3 is 2.83 bits per heavy atom. The molecule has 1 N–H and O–H groups in total. The summed E-state index contributed by atoms with van der Waals surface area (Å²) in [5, 5.41) is 3.33. The molecule has 1 unspecified atom stereocenters. The number of hydrogen-bond acceptors (Lipinski definition) is 4. The summed E-state index contributed by atoms with van der Waals surface area (Å²) >= 11 is 0. The Morgan fingerprint density at radius 2 is 2.06 bits per heavy atom. The fourth-order valence-corrected chi connectivity index (χ4v) is 2.71. The summed E-state index contributed by atoms with van der Waals surface area (Å²) in [5.74, 6) is 0.494. The zero-order chi connectivity index (χ0) is 12.4. The van der Waals surface area contributed by atoms with E-state index in [0.717, 1.165) is 37.2 Å². The molecular weight excluding hydrogens is 230 g/mol. The molecule has 1 aromatic rings. The van der Waals surface area contributed by atoms with Gasteiger partial charge in [-0.1, -0.05) is 18.2 Å². The van der Waals surface area contributed by atoms with Gasteiger partial charge in [-0.2, -0.15) is 0 Å². The first-order valence-corrected chi connectivity index (χ1v) is 6.48. The van der Waals surface area contributed by atoms with E-state index in [1.165, 1.54) is 0 Å². The van der Waals surface area contributed by atoms with E-state index in [-0.39, 0.29) is 11.9 Å². The first-order chi connectivity index (χ1) is 8.83. The monoisotopic (exact) mass is 249 g/mol. The molecule has 98 valence electrons. The second kappa shape index (κ2) is 4.88. The standard InChI is InChI=1S/C14H19NO3/c1-16-12-5-3-2-4-11(12)13-10-17-14(18-13)6-8-15-9-7-14/h2-5,13,15H,6-10H2,1H3. The van der Waals surface area contributed by atoms with Gasteiger partial charge >= 0.3 is 0 Å². The van der Waals surface area contributed by atoms with Crippen molar-refractivity contribution >= 4 is 0 Å². The molecular formula is C14H19NO3. The minimum Gasteiger partial charge on any atom is -0.496 e. The molecule has 4 nitrogen and oxygen atoms in total. The maximum atomic E-state index is 6.18. The van der Waals surface area contributed by atoms with Gasteiger partial charge in [0.2, 0.25) is 0 Å². The SMILES string of the molecule is COc1ccccc1C1COC2(CCNCC2)O1. The Hall–Kier alpha value is -1.10. The van der Waals surface area contributed by atoms with Crippen LogP contribution in [0.2, 0.25) is 0 Å². The van der Waals surface area contributed by atoms with E-state index in [2.05, 4.69) is 5.32 Å². The van der Waals surface area contributed by atoms with E-state index in [1.54, 1.807) is 7.11 Å². The fraction of sp³-hybridized carbons (Fsp3) is 0.571. The smallest absolute Gasteiger partial charge is 0.171 e. The third-order valence-corrected chi connectivity index (χ3v) is 3.71. The number of hydrogen-bond donors (Lipinski definition) is 1. The summed E-state index contributed by atoms with van der Waals surface area (Å²) < 4.78 is 17.5. The van der Waals surface area contributed by atoms with Crippen molar-refractivity contribution in [1.29, 1.82) is 0 Å². The van der Waals surface area contributed by atoms with E-state index in [0.29, 0.717) is 6.61 Å². The number of ether oxygens (including phenoxy) is 3. The van der Waals surface area contributed by atoms with Crippen LogP contribution in [0.25, 0.3) is 0 Å². The van der Waals surface area contributed by atoms with E-state index in [9.17, 15) is 0 Å². The Kier molecular flexibility index (Phi) is 3.24. The molecule has 2 saturated heterocycles. The van der Waals surface area contributed by atoms with Gasteiger partial charge in [0.1, 0.15) is 11.9 Å². The van der Waals surface area contributed by atoms with Crippen molar-refractivity contribution in [3.05, 3.63) is 29.8 Å². The quantitative estimate of drug-likeness (QED) is 0.868. The molecule has 1 atom stereocenters. The van der Waals surface area contributed by atoms with Crippen LogP contribution in [0.4, 0.5) is 0 Å². The van der Waals surface area contributed by atoms with Crippen molar-refractivity contribution in [3.63, 3.8) is 0 Å². The molecule has 2 aliphatic rings. The van der Waals surface area contributed by atoms with Gasteiger partial charge in [-0.3, -0.25) is 0 Å². The van der Waals surface area contributed by atoms with Crippen LogP contribution in [0.15, 0.2) is 24.3 Å². The Bertz CT molecular complexity index is 415. The second-order valence-electron chi connectivity index (χ2n) is 4.82. The van der Waals surface area contributed by atoms with Crippen molar-refractivity contribution < 1.29 is 14.2 Å². The van der Waals surface area contributed by atoms with Gasteiger partial charge in [0.25, 0.3) is 0 Å². The number of benzene rings is 1. The average Bonchev–Trinajstić information content (AvgIpc) is 2.83. The van der Waals surface area contributed by atoms with Gasteiger partial charge < -0.3 is 19.5 Å². The molecule has 0 aromatic heterocycles. The van der Waals surface area contributed by atoms with Gasteiger partial charge in [0, 0.05) is 31.5 Å². The van der Waals surface area contributed by atoms with Crippen LogP contribution < -0.4 is 10.1 Å². The Balaban J connectivity index is 1.78. The van der Waals surface area contributed by atoms with Crippen LogP contribution in [-0.4, -0.2) is 32.6 Å². The Labute approximate surface area is 107 Å². The summed E-state index contributed by atoms with van der Waals surface area (Å²) in [7, 11) is 1.69. The molecule has 0 aliphatic carbocycles. The predicted octanol–water partition coefficient (Wildman–Crippen LogP) is 1.86. The number of methoxy groups -OCH3 is 1. The number of rotatable bonds is 2. The predicted molar refractivity (Wildman–Crippen MR) is 67.6 cm³/mol. The summed E-state index contributed by atoms with van der Waals surface area (Å²) in [5.41, 5.74) is 1.08. The molecule has 0 amide bonds. The van der Waals surface area contributed by atoms with Gasteiger partial charge in [-0.05, 0) is 6.07 Å². The lowest BCUT2D eigenvalue weighted by Crippen LogP contribution is -2.42. The molecule has 1 aromatic carbocycles. The fourth-order valence-electron chi connectivity index (χ4n) is 2.71. The third kappa shape index (κ3) is 2.11. The molecule has 0 saturated carbocycles. The van der Waals surface area contributed by atoms with Gasteiger partial charge in [0.15, 0.2) is 5.79 Å². The number of para-hydroxylation sites is 1. The Morgan fingerprint density at radius 1 is 1.28 bits per heavy atom. The zero-order valence-electron chi connectivity index (χ0n) is 10.6. The van der Waals surface area contributed by atoms with Crippen molar-refractivity contribution in [2.75, 3.05) is 26.8 Å². The first-order valence-electron chi connectivity index (χ1n) is 6.48. The van der Waals surface area contributed by atoms with Crippen LogP contribution >= 0.6 is 0 Å². The first kappa shape index (κ1) is 12.0. The lowest BCUT2D eigenvalue weighted by molar-refractivity contribution is -0.183. The molecule has 2 heterocycles. The van der Waals surface area contributed by atoms with Crippen molar-refractivity contribution in [2.24, 2.45) is 0 Å². The number of piperidine rings is 1. The lowest BCUT2D eigenvalue weighted by atomic mass is 10.1. The maximum absolute atomic E-state index is 6.18. The van der Waals surface area contributed by atoms with Crippen LogP contribution in [0.3, 0.4) is 0 Å². The van der Waals surface area contributed by atoms with Crippen molar-refractivity contribution in [2.45, 2.75) is 24.7 Å². The molecule has 18 heavy (non-hydrogen) atoms. The average molecular weight is 249 g/mol. The topological polar surface area (TPSA) is 39.7 Å². The highest BCUT2D eigenvalue weighted by Gasteiger charge is 2.43. The molecule has 1 spiro atoms. The van der Waals surface area contributed by atoms with Gasteiger partial charge in [0.05, 0.1) is 13.7 Å². The highest BCUT2D eigenvalue weighted by atomic mass is 16.7. The summed E-state index contributed by atoms with van der Waals surface area (Å²) in [6, 6.07) is 7.99. The van der Waals surface area contributed by atoms with Gasteiger partial charge in [-0.25, -0.2) is 0 Å². The minimum atomic E-state index is -0.378. The van der Waals surface area contributed by atoms with E-state index >= 15 is 0 Å². The van der Waals surface area contributed by atoms with Crippen molar-refractivity contribution in [3.8, 4) is 5.75 Å². The summed E-state index contributed by atoms with van der Waals surface area (Å²) in [4.78, 5) is 0. The maximum Gasteiger partial charge on any atom is 0.171 e. The van der Waals surface area contributed by atoms with E-state index < -0.39 is 0 Å². The summed E-state index contributed by atoms with van der Waals surface area (Å²) in [6.07, 6.45) is 1.82. The minimum absolute atomic E-state index is 0.0146. The molecule has 3 rings (SSSR count). The zero-order valence-corrected chi connectivity index (χ0v) is 10.6. The molecule has 4 heteroatoms. The van der Waals surface area contributed by atoms with Crippen LogP contribution in [0, 0.1) is 0 Å². The largest absolute Gasteiger partial charge is 0.496 e. The van der Waals surface area contributed by atoms with Crippen LogP contribution in [-0.2, 0) is 9.47 Å². The summed E-state index contributed by atoms with van der Waals surface area (Å²) in [6.45, 7) is 2.53. The normalized spacial score (nSPS) is 26.4. The molecule has 0 radical (unpaired) electrons. The lowest BCUT2D eigenvalue weighted by Gasteiger charge is -2.32. The second-order valence-corrected chi connectivity index (χ2v) is 4.82. The number of nitrogens with one attached hydrogen (secondary N) is 1. The van der Waals surface area contributed by atoms with E-state index in [1.807, 2.05) is 24.3 Å². The van der Waals surface area contributed by atoms with Crippen LogP contribution in [0.5, 0.6) is 5.75 Å². The molecule has 0 bridgehead atoms.